The lowest BCUT2D eigenvalue weighted by molar-refractivity contribution is 0.102. The summed E-state index contributed by atoms with van der Waals surface area (Å²) in [6.07, 6.45) is 1.58. The van der Waals surface area contributed by atoms with Gasteiger partial charge in [-0.05, 0) is 60.2 Å². The first-order valence-corrected chi connectivity index (χ1v) is 9.19. The molecule has 5 nitrogen and oxygen atoms in total. The van der Waals surface area contributed by atoms with Crippen LogP contribution in [0.15, 0.2) is 77.7 Å². The molecule has 0 bridgehead atoms. The van der Waals surface area contributed by atoms with Gasteiger partial charge in [-0.15, -0.1) is 0 Å². The monoisotopic (exact) mass is 407 g/mol. The molecule has 1 amide bonds. The van der Waals surface area contributed by atoms with Crippen LogP contribution in [0.1, 0.15) is 15.9 Å². The van der Waals surface area contributed by atoms with Gasteiger partial charge in [-0.3, -0.25) is 14.2 Å². The second kappa shape index (κ2) is 7.85. The van der Waals surface area contributed by atoms with Crippen LogP contribution < -0.4 is 10.9 Å². The fourth-order valence-electron chi connectivity index (χ4n) is 3.02. The molecule has 1 N–H and O–H groups in total. The number of rotatable bonds is 4. The number of carbonyl (C=O) groups excluding carboxylic acids is 1. The predicted molar refractivity (Wildman–Crippen MR) is 111 cm³/mol. The molecule has 0 aliphatic carbocycles. The van der Waals surface area contributed by atoms with Crippen LogP contribution in [-0.4, -0.2) is 15.5 Å². The van der Waals surface area contributed by atoms with Gasteiger partial charge < -0.3 is 5.32 Å². The fourth-order valence-corrected chi connectivity index (χ4v) is 3.15. The number of amides is 1. The Hall–Kier alpha value is -3.51. The zero-order valence-corrected chi connectivity index (χ0v) is 15.9. The molecule has 2 aromatic heterocycles. The molecule has 0 aliphatic heterocycles. The summed E-state index contributed by atoms with van der Waals surface area (Å²) in [4.78, 5) is 30.2. The van der Waals surface area contributed by atoms with Gasteiger partial charge in [0.25, 0.3) is 11.5 Å². The normalized spacial score (nSPS) is 10.8. The summed E-state index contributed by atoms with van der Waals surface area (Å²) in [6.45, 7) is 0.161. The number of benzene rings is 2. The third-order valence-corrected chi connectivity index (χ3v) is 4.70. The SMILES string of the molecule is O=C(Nc1ccc(Cl)cc1)c1cc2cccnc2n(Cc2ccc(F)cc2)c1=O. The first-order chi connectivity index (χ1) is 14.0. The zero-order valence-electron chi connectivity index (χ0n) is 15.1. The molecule has 0 saturated carbocycles. The summed E-state index contributed by atoms with van der Waals surface area (Å²) in [5.41, 5.74) is 1.20. The van der Waals surface area contributed by atoms with Crippen LogP contribution in [0.3, 0.4) is 0 Å². The van der Waals surface area contributed by atoms with Crippen molar-refractivity contribution in [3.8, 4) is 0 Å². The molecule has 7 heteroatoms. The van der Waals surface area contributed by atoms with E-state index in [2.05, 4.69) is 10.3 Å². The Bertz CT molecular complexity index is 1250. The maximum absolute atomic E-state index is 13.2. The average molecular weight is 408 g/mol. The second-order valence-corrected chi connectivity index (χ2v) is 6.89. The van der Waals surface area contributed by atoms with Crippen molar-refractivity contribution in [1.82, 2.24) is 9.55 Å². The summed E-state index contributed by atoms with van der Waals surface area (Å²) in [6, 6.07) is 17.5. The number of anilines is 1. The number of halogens is 2. The number of fused-ring (bicyclic) bond motifs is 1. The molecule has 0 unspecified atom stereocenters. The van der Waals surface area contributed by atoms with Gasteiger partial charge in [0.1, 0.15) is 17.0 Å². The van der Waals surface area contributed by atoms with Crippen molar-refractivity contribution in [2.24, 2.45) is 0 Å². The van der Waals surface area contributed by atoms with Crippen LogP contribution in [0.25, 0.3) is 11.0 Å². The summed E-state index contributed by atoms with van der Waals surface area (Å²) < 4.78 is 14.6. The molecule has 4 aromatic rings. The van der Waals surface area contributed by atoms with Gasteiger partial charge in [0.2, 0.25) is 0 Å². The van der Waals surface area contributed by atoms with Crippen molar-refractivity contribution >= 4 is 34.2 Å². The molecule has 0 spiro atoms. The van der Waals surface area contributed by atoms with E-state index < -0.39 is 11.5 Å². The van der Waals surface area contributed by atoms with Crippen LogP contribution >= 0.6 is 11.6 Å². The molecule has 4 rings (SSSR count). The Morgan fingerprint density at radius 2 is 1.79 bits per heavy atom. The van der Waals surface area contributed by atoms with Crippen LogP contribution in [0.4, 0.5) is 10.1 Å². The molecule has 0 aliphatic rings. The van der Waals surface area contributed by atoms with E-state index in [1.54, 1.807) is 54.7 Å². The predicted octanol–water partition coefficient (Wildman–Crippen LogP) is 4.49. The van der Waals surface area contributed by atoms with Gasteiger partial charge in [-0.25, -0.2) is 9.37 Å². The summed E-state index contributed by atoms with van der Waals surface area (Å²) >= 11 is 5.87. The van der Waals surface area contributed by atoms with Crippen molar-refractivity contribution in [3.63, 3.8) is 0 Å². The zero-order chi connectivity index (χ0) is 20.4. The molecule has 0 radical (unpaired) electrons. The Morgan fingerprint density at radius 1 is 1.07 bits per heavy atom. The first-order valence-electron chi connectivity index (χ1n) is 8.81. The minimum Gasteiger partial charge on any atom is -0.322 e. The molecular formula is C22H15ClFN3O2. The Labute approximate surface area is 170 Å². The van der Waals surface area contributed by atoms with E-state index in [1.165, 1.54) is 22.8 Å². The van der Waals surface area contributed by atoms with E-state index in [-0.39, 0.29) is 17.9 Å². The summed E-state index contributed by atoms with van der Waals surface area (Å²) in [7, 11) is 0. The number of hydrogen-bond acceptors (Lipinski definition) is 3. The lowest BCUT2D eigenvalue weighted by Gasteiger charge is -2.12. The Balaban J connectivity index is 1.77. The third-order valence-electron chi connectivity index (χ3n) is 4.45. The Kier molecular flexibility index (Phi) is 5.10. The van der Waals surface area contributed by atoms with Crippen LogP contribution in [0, 0.1) is 5.82 Å². The highest BCUT2D eigenvalue weighted by Gasteiger charge is 2.17. The third kappa shape index (κ3) is 4.02. The summed E-state index contributed by atoms with van der Waals surface area (Å²) in [5, 5.41) is 3.90. The molecule has 144 valence electrons. The van der Waals surface area contributed by atoms with Gasteiger partial charge in [0.15, 0.2) is 0 Å². The van der Waals surface area contributed by atoms with E-state index >= 15 is 0 Å². The maximum Gasteiger partial charge on any atom is 0.265 e. The maximum atomic E-state index is 13.2. The van der Waals surface area contributed by atoms with Crippen molar-refractivity contribution in [1.29, 1.82) is 0 Å². The van der Waals surface area contributed by atoms with Crippen molar-refractivity contribution < 1.29 is 9.18 Å². The average Bonchev–Trinajstić information content (AvgIpc) is 2.73. The number of pyridine rings is 2. The van der Waals surface area contributed by atoms with Gasteiger partial charge in [0, 0.05) is 22.3 Å². The van der Waals surface area contributed by atoms with Crippen LogP contribution in [0.5, 0.6) is 0 Å². The molecular weight excluding hydrogens is 393 g/mol. The van der Waals surface area contributed by atoms with Gasteiger partial charge in [-0.1, -0.05) is 23.7 Å². The van der Waals surface area contributed by atoms with E-state index in [1.807, 2.05) is 0 Å². The van der Waals surface area contributed by atoms with Gasteiger partial charge >= 0.3 is 0 Å². The van der Waals surface area contributed by atoms with Crippen molar-refractivity contribution in [2.75, 3.05) is 5.32 Å². The van der Waals surface area contributed by atoms with E-state index in [0.717, 1.165) is 5.56 Å². The smallest absolute Gasteiger partial charge is 0.265 e. The highest BCUT2D eigenvalue weighted by molar-refractivity contribution is 6.30. The molecule has 29 heavy (non-hydrogen) atoms. The van der Waals surface area contributed by atoms with Gasteiger partial charge in [-0.2, -0.15) is 0 Å². The topological polar surface area (TPSA) is 64.0 Å². The minimum absolute atomic E-state index is 0.0115. The fraction of sp³-hybridized carbons (Fsp3) is 0.0455. The molecule has 2 aromatic carbocycles. The van der Waals surface area contributed by atoms with Gasteiger partial charge in [0.05, 0.1) is 6.54 Å². The first kappa shape index (κ1) is 18.8. The Morgan fingerprint density at radius 3 is 2.52 bits per heavy atom. The number of aromatic nitrogens is 2. The van der Waals surface area contributed by atoms with E-state index in [9.17, 15) is 14.0 Å². The number of nitrogens with one attached hydrogen (secondary N) is 1. The number of carbonyl (C=O) groups is 1. The van der Waals surface area contributed by atoms with E-state index in [4.69, 9.17) is 11.6 Å². The van der Waals surface area contributed by atoms with Crippen molar-refractivity contribution in [2.45, 2.75) is 6.54 Å². The highest BCUT2D eigenvalue weighted by atomic mass is 35.5. The lowest BCUT2D eigenvalue weighted by Crippen LogP contribution is -2.30. The quantitative estimate of drug-likeness (QED) is 0.542. The second-order valence-electron chi connectivity index (χ2n) is 6.45. The largest absolute Gasteiger partial charge is 0.322 e. The highest BCUT2D eigenvalue weighted by Crippen LogP contribution is 2.16. The molecule has 0 fully saturated rings. The van der Waals surface area contributed by atoms with Crippen LogP contribution in [0.2, 0.25) is 5.02 Å². The van der Waals surface area contributed by atoms with E-state index in [0.29, 0.717) is 21.7 Å². The van der Waals surface area contributed by atoms with Crippen LogP contribution in [-0.2, 0) is 6.54 Å². The molecule has 2 heterocycles. The molecule has 0 atom stereocenters. The minimum atomic E-state index is -0.532. The summed E-state index contributed by atoms with van der Waals surface area (Å²) in [5.74, 6) is -0.892. The molecule has 0 saturated heterocycles. The number of nitrogens with zero attached hydrogens (tertiary/aromatic N) is 2. The van der Waals surface area contributed by atoms with Crippen molar-refractivity contribution in [3.05, 3.63) is 105 Å². The number of hydrogen-bond donors (Lipinski definition) is 1. The standard InChI is InChI=1S/C22H15ClFN3O2/c23-16-5-9-18(10-6-16)26-21(28)19-12-15-2-1-11-25-20(15)27(22(19)29)13-14-3-7-17(24)8-4-14/h1-12H,13H2,(H,26,28). The lowest BCUT2D eigenvalue weighted by atomic mass is 10.1.